The highest BCUT2D eigenvalue weighted by molar-refractivity contribution is 7.90. The molecular weight excluding hydrogens is 546 g/mol. The van der Waals surface area contributed by atoms with Crippen LogP contribution in [-0.4, -0.2) is 53.9 Å². The van der Waals surface area contributed by atoms with Crippen LogP contribution in [0.3, 0.4) is 0 Å². The normalized spacial score (nSPS) is 30.7. The van der Waals surface area contributed by atoms with Gasteiger partial charge in [0.2, 0.25) is 11.4 Å². The van der Waals surface area contributed by atoms with Crippen molar-refractivity contribution in [1.29, 1.82) is 10.5 Å². The van der Waals surface area contributed by atoms with Gasteiger partial charge in [-0.1, -0.05) is 24.3 Å². The highest BCUT2D eigenvalue weighted by atomic mass is 32.2. The first-order valence-corrected chi connectivity index (χ1v) is 16.0. The summed E-state index contributed by atoms with van der Waals surface area (Å²) >= 11 is 0. The quantitative estimate of drug-likeness (QED) is 0.353. The molecule has 2 unspecified atom stereocenters. The molecule has 0 radical (unpaired) electrons. The van der Waals surface area contributed by atoms with E-state index in [0.29, 0.717) is 42.6 Å². The molecule has 2 fully saturated rings. The molecule has 0 N–H and O–H groups in total. The lowest BCUT2D eigenvalue weighted by molar-refractivity contribution is 0.126. The lowest BCUT2D eigenvalue weighted by Crippen LogP contribution is -2.51. The monoisotopic (exact) mass is 577 g/mol. The number of sulfone groups is 1. The predicted molar refractivity (Wildman–Crippen MR) is 158 cm³/mol. The zero-order valence-corrected chi connectivity index (χ0v) is 24.2. The average Bonchev–Trinajstić information content (AvgIpc) is 3.48. The van der Waals surface area contributed by atoms with E-state index in [2.05, 4.69) is 61.0 Å². The van der Waals surface area contributed by atoms with E-state index in [0.717, 1.165) is 24.0 Å². The van der Waals surface area contributed by atoms with E-state index >= 15 is 0 Å². The maximum Gasteiger partial charge on any atom is 0.205 e. The van der Waals surface area contributed by atoms with Crippen LogP contribution in [0.4, 0.5) is 11.4 Å². The Hall–Kier alpha value is -4.35. The molecule has 6 rings (SSSR count). The number of nitriles is 2. The van der Waals surface area contributed by atoms with E-state index < -0.39 is 20.7 Å². The molecule has 1 saturated heterocycles. The summed E-state index contributed by atoms with van der Waals surface area (Å²) in [6.45, 7) is 14.7. The molecule has 42 heavy (non-hydrogen) atoms. The number of rotatable bonds is 5. The Bertz CT molecular complexity index is 1670. The van der Waals surface area contributed by atoms with Gasteiger partial charge in [0.25, 0.3) is 0 Å². The lowest BCUT2D eigenvalue weighted by Gasteiger charge is -2.43. The molecule has 2 aromatic heterocycles. The summed E-state index contributed by atoms with van der Waals surface area (Å²) in [5, 5.41) is 19.5. The molecule has 2 aliphatic carbocycles. The smallest absolute Gasteiger partial charge is 0.205 e. The highest BCUT2D eigenvalue weighted by Gasteiger charge is 2.47. The van der Waals surface area contributed by atoms with E-state index in [1.54, 1.807) is 24.7 Å². The van der Waals surface area contributed by atoms with Crippen molar-refractivity contribution in [2.75, 3.05) is 18.6 Å². The number of aromatic nitrogens is 2. The van der Waals surface area contributed by atoms with Gasteiger partial charge < -0.3 is 0 Å². The molecule has 1 saturated carbocycles. The van der Waals surface area contributed by atoms with Gasteiger partial charge in [-0.2, -0.15) is 10.5 Å². The van der Waals surface area contributed by atoms with Crippen LogP contribution in [0.15, 0.2) is 61.2 Å². The fourth-order valence-corrected chi connectivity index (χ4v) is 7.46. The van der Waals surface area contributed by atoms with Gasteiger partial charge in [-0.15, -0.1) is 0 Å². The molecule has 0 amide bonds. The predicted octanol–water partition coefficient (Wildman–Crippen LogP) is 5.22. The number of piperidine rings is 1. The second-order valence-corrected chi connectivity index (χ2v) is 14.1. The first kappa shape index (κ1) is 29.2. The fourth-order valence-electron chi connectivity index (χ4n) is 6.92. The van der Waals surface area contributed by atoms with E-state index in [1.807, 2.05) is 6.07 Å². The van der Waals surface area contributed by atoms with Crippen molar-refractivity contribution >= 4 is 21.2 Å². The van der Waals surface area contributed by atoms with Gasteiger partial charge in [0.05, 0.1) is 41.9 Å². The number of nitrogens with zero attached hydrogens (tertiary/aromatic N) is 7. The summed E-state index contributed by atoms with van der Waals surface area (Å²) in [5.41, 5.74) is 1.51. The number of hydrogen-bond donors (Lipinski definition) is 0. The molecule has 4 aliphatic rings. The Balaban J connectivity index is 0.000000175. The number of pyridine rings is 2. The van der Waals surface area contributed by atoms with Gasteiger partial charge >= 0.3 is 0 Å². The molecule has 9 nitrogen and oxygen atoms in total. The van der Waals surface area contributed by atoms with Gasteiger partial charge in [0.15, 0.2) is 0 Å². The summed E-state index contributed by atoms with van der Waals surface area (Å²) < 4.78 is 22.9. The van der Waals surface area contributed by atoms with Crippen LogP contribution in [0.1, 0.15) is 43.2 Å². The van der Waals surface area contributed by atoms with Crippen LogP contribution >= 0.6 is 0 Å². The minimum atomic E-state index is -3.02. The molecule has 4 heterocycles. The van der Waals surface area contributed by atoms with E-state index in [4.69, 9.17) is 13.1 Å². The summed E-state index contributed by atoms with van der Waals surface area (Å²) in [4.78, 5) is 17.2. The minimum Gasteiger partial charge on any atom is -0.289 e. The second kappa shape index (κ2) is 11.5. The standard InChI is InChI=1S/C17H18N4O2S.C15H13N3/c1-19-14-7-13(10-20-11-14)17(12-18)8-15-3-4-16(9-17)21(15)5-6-24(2,22)23;1-17-14-5-13(8-18-9-14)15(10-16)6-11-2-3-12(4-11)7-15/h3-4,7,10-11,15-16H,5-6,8-9H2,2H3;2-3,5,8-9,11-12H,4,6-7H2/t15-,16+,17?;11-,12+,15?. The summed E-state index contributed by atoms with van der Waals surface area (Å²) in [5.74, 6) is 1.15. The maximum atomic E-state index is 11.4. The van der Waals surface area contributed by atoms with Crippen LogP contribution < -0.4 is 0 Å². The van der Waals surface area contributed by atoms with E-state index in [9.17, 15) is 18.9 Å². The fraction of sp³-hybridized carbons (Fsp3) is 0.438. The molecule has 0 spiro atoms. The van der Waals surface area contributed by atoms with E-state index in [1.165, 1.54) is 18.9 Å². The van der Waals surface area contributed by atoms with Crippen molar-refractivity contribution in [3.05, 3.63) is 95.2 Å². The number of allylic oxidation sites excluding steroid dienone is 2. The number of hydrogen-bond acceptors (Lipinski definition) is 7. The van der Waals surface area contributed by atoms with Crippen LogP contribution in [0.2, 0.25) is 0 Å². The SMILES string of the molecule is [C-]#[N+]c1cncc(C2(C#N)C[C@@H]3C=C[C@@H](C3)C2)c1.[C-]#[N+]c1cncc(C2(C#N)C[C@H]3C=C[C@@H](C2)N3CCS(C)(=O)=O)c1. The zero-order chi connectivity index (χ0) is 30.0. The maximum absolute atomic E-state index is 11.4. The van der Waals surface area contributed by atoms with Gasteiger partial charge in [0, 0.05) is 49.7 Å². The second-order valence-electron chi connectivity index (χ2n) is 11.8. The summed E-state index contributed by atoms with van der Waals surface area (Å²) in [6.07, 6.45) is 20.4. The van der Waals surface area contributed by atoms with Crippen molar-refractivity contribution in [2.24, 2.45) is 11.8 Å². The Kier molecular flexibility index (Phi) is 7.98. The molecule has 0 aromatic carbocycles. The van der Waals surface area contributed by atoms with E-state index in [-0.39, 0.29) is 17.8 Å². The van der Waals surface area contributed by atoms with Crippen LogP contribution in [0, 0.1) is 47.6 Å². The Morgan fingerprint density at radius 3 is 1.76 bits per heavy atom. The topological polar surface area (TPSA) is 119 Å². The van der Waals surface area contributed by atoms with Crippen molar-refractivity contribution < 1.29 is 8.42 Å². The zero-order valence-electron chi connectivity index (χ0n) is 23.4. The molecule has 10 heteroatoms. The third-order valence-electron chi connectivity index (χ3n) is 8.96. The lowest BCUT2D eigenvalue weighted by atomic mass is 9.66. The van der Waals surface area contributed by atoms with Crippen molar-refractivity contribution in [3.8, 4) is 12.1 Å². The Morgan fingerprint density at radius 1 is 0.857 bits per heavy atom. The van der Waals surface area contributed by atoms with Gasteiger partial charge in [-0.05, 0) is 67.2 Å². The molecular formula is C32H31N7O2S. The Morgan fingerprint density at radius 2 is 1.33 bits per heavy atom. The van der Waals surface area contributed by atoms with Gasteiger partial charge in [-0.3, -0.25) is 14.9 Å². The molecule has 6 atom stereocenters. The third-order valence-corrected chi connectivity index (χ3v) is 9.89. The largest absolute Gasteiger partial charge is 0.289 e. The van der Waals surface area contributed by atoms with Crippen LogP contribution in [0.5, 0.6) is 0 Å². The molecule has 4 bridgehead atoms. The van der Waals surface area contributed by atoms with Gasteiger partial charge in [-0.25, -0.2) is 18.1 Å². The molecule has 212 valence electrons. The first-order chi connectivity index (χ1) is 20.1. The van der Waals surface area contributed by atoms with Crippen molar-refractivity contribution in [1.82, 2.24) is 14.9 Å². The average molecular weight is 578 g/mol. The summed E-state index contributed by atoms with van der Waals surface area (Å²) in [6, 6.07) is 8.61. The van der Waals surface area contributed by atoms with Crippen molar-refractivity contribution in [2.45, 2.75) is 55.0 Å². The molecule has 2 aliphatic heterocycles. The van der Waals surface area contributed by atoms with Crippen molar-refractivity contribution in [3.63, 3.8) is 0 Å². The Labute approximate surface area is 247 Å². The summed E-state index contributed by atoms with van der Waals surface area (Å²) in [7, 11) is -3.02. The van der Waals surface area contributed by atoms with Crippen LogP contribution in [0.25, 0.3) is 9.69 Å². The number of fused-ring (bicyclic) bond motifs is 4. The highest BCUT2D eigenvalue weighted by Crippen LogP contribution is 2.49. The first-order valence-electron chi connectivity index (χ1n) is 13.9. The third kappa shape index (κ3) is 5.83. The molecule has 2 aromatic rings. The minimum absolute atomic E-state index is 0.0433. The van der Waals surface area contributed by atoms with Crippen LogP contribution in [-0.2, 0) is 20.7 Å². The van der Waals surface area contributed by atoms with Gasteiger partial charge in [0.1, 0.15) is 9.84 Å².